The van der Waals surface area contributed by atoms with Crippen LogP contribution in [0.3, 0.4) is 0 Å². The molecule has 2 heterocycles. The normalized spacial score (nSPS) is 21.7. The Balaban J connectivity index is 1.84. The van der Waals surface area contributed by atoms with Gasteiger partial charge in [0.1, 0.15) is 5.82 Å². The maximum absolute atomic E-state index is 12.9. The highest BCUT2D eigenvalue weighted by Crippen LogP contribution is 2.21. The Bertz CT molecular complexity index is 379. The smallest absolute Gasteiger partial charge is 0.141 e. The van der Waals surface area contributed by atoms with Crippen molar-refractivity contribution in [2.75, 3.05) is 26.7 Å². The maximum atomic E-state index is 12.9. The molecule has 106 valence electrons. The molecule has 3 nitrogen and oxygen atoms in total. The quantitative estimate of drug-likeness (QED) is 0.857. The lowest BCUT2D eigenvalue weighted by molar-refractivity contribution is 0.300. The van der Waals surface area contributed by atoms with Crippen LogP contribution in [0.25, 0.3) is 0 Å². The first kappa shape index (κ1) is 14.4. The van der Waals surface area contributed by atoms with Gasteiger partial charge in [0, 0.05) is 13.1 Å². The van der Waals surface area contributed by atoms with Gasteiger partial charge in [-0.25, -0.2) is 4.39 Å². The molecule has 2 atom stereocenters. The third-order valence-electron chi connectivity index (χ3n) is 4.14. The molecule has 0 radical (unpaired) electrons. The molecule has 1 N–H and O–H groups in total. The third-order valence-corrected chi connectivity index (χ3v) is 4.14. The Morgan fingerprint density at radius 2 is 2.37 bits per heavy atom. The molecule has 0 amide bonds. The molecule has 0 aliphatic carbocycles. The van der Waals surface area contributed by atoms with E-state index in [0.29, 0.717) is 0 Å². The van der Waals surface area contributed by atoms with E-state index in [4.69, 9.17) is 0 Å². The predicted octanol–water partition coefficient (Wildman–Crippen LogP) is 2.60. The standard InChI is InChI=1S/C15H24FN3/c1-3-12-6-8-19(11-12)9-7-14(17-2)15-5-4-13(16)10-18-15/h4-5,10,12,14,17H,3,6-9,11H2,1-2H3. The van der Waals surface area contributed by atoms with Crippen LogP contribution in [0.1, 0.15) is 37.9 Å². The molecule has 2 rings (SSSR count). The molecule has 1 saturated heterocycles. The van der Waals surface area contributed by atoms with E-state index >= 15 is 0 Å². The topological polar surface area (TPSA) is 28.2 Å². The van der Waals surface area contributed by atoms with Crippen molar-refractivity contribution in [2.24, 2.45) is 5.92 Å². The lowest BCUT2D eigenvalue weighted by atomic mass is 10.1. The van der Waals surface area contributed by atoms with Gasteiger partial charge in [0.15, 0.2) is 0 Å². The summed E-state index contributed by atoms with van der Waals surface area (Å²) in [6.45, 7) is 5.80. The monoisotopic (exact) mass is 265 g/mol. The second-order valence-corrected chi connectivity index (χ2v) is 5.39. The number of pyridine rings is 1. The van der Waals surface area contributed by atoms with Crippen LogP contribution < -0.4 is 5.32 Å². The first-order valence-electron chi connectivity index (χ1n) is 7.24. The van der Waals surface area contributed by atoms with Crippen molar-refractivity contribution in [3.63, 3.8) is 0 Å². The lowest BCUT2D eigenvalue weighted by Crippen LogP contribution is -2.27. The van der Waals surface area contributed by atoms with Crippen molar-refractivity contribution in [1.29, 1.82) is 0 Å². The van der Waals surface area contributed by atoms with E-state index < -0.39 is 0 Å². The van der Waals surface area contributed by atoms with Gasteiger partial charge in [-0.15, -0.1) is 0 Å². The van der Waals surface area contributed by atoms with Gasteiger partial charge in [0.05, 0.1) is 17.9 Å². The Hall–Kier alpha value is -1.00. The van der Waals surface area contributed by atoms with Gasteiger partial charge in [0.25, 0.3) is 0 Å². The molecule has 0 bridgehead atoms. The maximum Gasteiger partial charge on any atom is 0.141 e. The van der Waals surface area contributed by atoms with Crippen LogP contribution in [0.4, 0.5) is 4.39 Å². The number of nitrogens with one attached hydrogen (secondary N) is 1. The number of rotatable bonds is 6. The number of hydrogen-bond donors (Lipinski definition) is 1. The van der Waals surface area contributed by atoms with E-state index in [-0.39, 0.29) is 11.9 Å². The molecule has 0 aromatic carbocycles. The molecule has 4 heteroatoms. The lowest BCUT2D eigenvalue weighted by Gasteiger charge is -2.20. The van der Waals surface area contributed by atoms with Gasteiger partial charge < -0.3 is 10.2 Å². The summed E-state index contributed by atoms with van der Waals surface area (Å²) in [5, 5.41) is 3.28. The Labute approximate surface area is 115 Å². The SMILES string of the molecule is CCC1CCN(CCC(NC)c2ccc(F)cn2)C1. The van der Waals surface area contributed by atoms with E-state index in [2.05, 4.69) is 22.1 Å². The molecular weight excluding hydrogens is 241 g/mol. The highest BCUT2D eigenvalue weighted by molar-refractivity contribution is 5.09. The number of likely N-dealkylation sites (tertiary alicyclic amines) is 1. The average molecular weight is 265 g/mol. The minimum Gasteiger partial charge on any atom is -0.312 e. The fourth-order valence-electron chi connectivity index (χ4n) is 2.79. The summed E-state index contributed by atoms with van der Waals surface area (Å²) in [5.41, 5.74) is 0.926. The second kappa shape index (κ2) is 6.96. The molecule has 1 aromatic heterocycles. The molecular formula is C15H24FN3. The summed E-state index contributed by atoms with van der Waals surface area (Å²) in [7, 11) is 1.94. The van der Waals surface area contributed by atoms with E-state index in [1.54, 1.807) is 6.07 Å². The molecule has 1 aliphatic rings. The van der Waals surface area contributed by atoms with E-state index in [9.17, 15) is 4.39 Å². The van der Waals surface area contributed by atoms with Crippen LogP contribution in [0.2, 0.25) is 0 Å². The highest BCUT2D eigenvalue weighted by Gasteiger charge is 2.21. The Morgan fingerprint density at radius 1 is 1.53 bits per heavy atom. The largest absolute Gasteiger partial charge is 0.312 e. The first-order chi connectivity index (χ1) is 9.22. The van der Waals surface area contributed by atoms with E-state index in [0.717, 1.165) is 24.6 Å². The molecule has 1 aliphatic heterocycles. The summed E-state index contributed by atoms with van der Waals surface area (Å²) in [5.74, 6) is 0.598. The molecule has 0 saturated carbocycles. The van der Waals surface area contributed by atoms with Gasteiger partial charge in [0.2, 0.25) is 0 Å². The molecule has 1 fully saturated rings. The van der Waals surface area contributed by atoms with Crippen LogP contribution >= 0.6 is 0 Å². The fraction of sp³-hybridized carbons (Fsp3) is 0.667. The molecule has 0 spiro atoms. The minimum atomic E-state index is -0.274. The molecule has 1 aromatic rings. The fourth-order valence-corrected chi connectivity index (χ4v) is 2.79. The number of halogens is 1. The van der Waals surface area contributed by atoms with Crippen molar-refractivity contribution in [1.82, 2.24) is 15.2 Å². The Morgan fingerprint density at radius 3 is 2.95 bits per heavy atom. The second-order valence-electron chi connectivity index (χ2n) is 5.39. The number of aromatic nitrogens is 1. The van der Waals surface area contributed by atoms with Crippen molar-refractivity contribution in [3.8, 4) is 0 Å². The van der Waals surface area contributed by atoms with Crippen LogP contribution in [0, 0.1) is 11.7 Å². The third kappa shape index (κ3) is 3.98. The predicted molar refractivity (Wildman–Crippen MR) is 75.5 cm³/mol. The number of hydrogen-bond acceptors (Lipinski definition) is 3. The van der Waals surface area contributed by atoms with Gasteiger partial charge in [-0.3, -0.25) is 4.98 Å². The summed E-state index contributed by atoms with van der Waals surface area (Å²) in [6, 6.07) is 3.46. The summed E-state index contributed by atoms with van der Waals surface area (Å²) in [4.78, 5) is 6.70. The van der Waals surface area contributed by atoms with Gasteiger partial charge in [-0.2, -0.15) is 0 Å². The zero-order chi connectivity index (χ0) is 13.7. The highest BCUT2D eigenvalue weighted by atomic mass is 19.1. The van der Waals surface area contributed by atoms with Crippen LogP contribution in [-0.2, 0) is 0 Å². The average Bonchev–Trinajstić information content (AvgIpc) is 2.89. The summed E-state index contributed by atoms with van der Waals surface area (Å²) < 4.78 is 12.9. The zero-order valence-corrected chi connectivity index (χ0v) is 11.9. The van der Waals surface area contributed by atoms with Crippen molar-refractivity contribution >= 4 is 0 Å². The summed E-state index contributed by atoms with van der Waals surface area (Å²) in [6.07, 6.45) is 4.93. The van der Waals surface area contributed by atoms with Crippen LogP contribution in [-0.4, -0.2) is 36.6 Å². The van der Waals surface area contributed by atoms with Crippen molar-refractivity contribution in [2.45, 2.75) is 32.2 Å². The van der Waals surface area contributed by atoms with E-state index in [1.165, 1.54) is 38.2 Å². The zero-order valence-electron chi connectivity index (χ0n) is 11.9. The minimum absolute atomic E-state index is 0.210. The number of nitrogens with zero attached hydrogens (tertiary/aromatic N) is 2. The van der Waals surface area contributed by atoms with Crippen LogP contribution in [0.15, 0.2) is 18.3 Å². The summed E-state index contributed by atoms with van der Waals surface area (Å²) >= 11 is 0. The van der Waals surface area contributed by atoms with Gasteiger partial charge >= 0.3 is 0 Å². The van der Waals surface area contributed by atoms with E-state index in [1.807, 2.05) is 7.05 Å². The first-order valence-corrected chi connectivity index (χ1v) is 7.24. The molecule has 2 unspecified atom stereocenters. The van der Waals surface area contributed by atoms with Crippen LogP contribution in [0.5, 0.6) is 0 Å². The van der Waals surface area contributed by atoms with Gasteiger partial charge in [-0.1, -0.05) is 13.3 Å². The Kier molecular flexibility index (Phi) is 5.28. The van der Waals surface area contributed by atoms with Crippen molar-refractivity contribution < 1.29 is 4.39 Å². The van der Waals surface area contributed by atoms with Gasteiger partial charge in [-0.05, 0) is 44.5 Å². The molecule has 19 heavy (non-hydrogen) atoms. The van der Waals surface area contributed by atoms with Crippen molar-refractivity contribution in [3.05, 3.63) is 29.8 Å².